The lowest BCUT2D eigenvalue weighted by Gasteiger charge is -2.23. The molecule has 2 aromatic heterocycles. The Morgan fingerprint density at radius 2 is 2.16 bits per heavy atom. The highest BCUT2D eigenvalue weighted by atomic mass is 15.3. The van der Waals surface area contributed by atoms with Crippen LogP contribution in [0.3, 0.4) is 0 Å². The normalized spacial score (nSPS) is 12.8. The van der Waals surface area contributed by atoms with Crippen molar-refractivity contribution >= 4 is 0 Å². The summed E-state index contributed by atoms with van der Waals surface area (Å²) < 4.78 is 1.92. The Morgan fingerprint density at radius 1 is 1.32 bits per heavy atom. The van der Waals surface area contributed by atoms with Crippen LogP contribution in [0.4, 0.5) is 0 Å². The lowest BCUT2D eigenvalue weighted by atomic mass is 10.1. The van der Waals surface area contributed by atoms with Crippen LogP contribution >= 0.6 is 0 Å². The molecule has 1 atom stereocenters. The maximum atomic E-state index is 4.31. The standard InChI is InChI=1S/C13H20N6/c1-4-19-13(16-10-17-19)9-18(3)11(2)7-12-8-14-5-6-15-12/h5-6,8,10-11H,4,7,9H2,1-3H3/t11-/m1/s1. The summed E-state index contributed by atoms with van der Waals surface area (Å²) in [6.45, 7) is 5.89. The Kier molecular flexibility index (Phi) is 4.57. The first kappa shape index (κ1) is 13.6. The molecule has 0 unspecified atom stereocenters. The summed E-state index contributed by atoms with van der Waals surface area (Å²) in [6, 6.07) is 0.374. The van der Waals surface area contributed by atoms with Crippen LogP contribution in [-0.4, -0.2) is 42.7 Å². The highest BCUT2D eigenvalue weighted by molar-refractivity contribution is 4.97. The second-order valence-corrected chi connectivity index (χ2v) is 4.66. The third-order valence-electron chi connectivity index (χ3n) is 3.26. The van der Waals surface area contributed by atoms with Gasteiger partial charge in [-0.3, -0.25) is 14.9 Å². The summed E-state index contributed by atoms with van der Waals surface area (Å²) in [5, 5.41) is 4.19. The molecule has 6 nitrogen and oxygen atoms in total. The van der Waals surface area contributed by atoms with Gasteiger partial charge in [-0.05, 0) is 20.9 Å². The van der Waals surface area contributed by atoms with Crippen molar-refractivity contribution in [2.24, 2.45) is 0 Å². The topological polar surface area (TPSA) is 59.7 Å². The van der Waals surface area contributed by atoms with Crippen molar-refractivity contribution in [1.82, 2.24) is 29.6 Å². The molecule has 102 valence electrons. The number of likely N-dealkylation sites (N-methyl/N-ethyl adjacent to an activating group) is 1. The molecule has 2 rings (SSSR count). The van der Waals surface area contributed by atoms with Crippen LogP contribution in [0.1, 0.15) is 25.4 Å². The monoisotopic (exact) mass is 260 g/mol. The van der Waals surface area contributed by atoms with Crippen molar-refractivity contribution in [3.63, 3.8) is 0 Å². The van der Waals surface area contributed by atoms with Crippen molar-refractivity contribution < 1.29 is 0 Å². The maximum Gasteiger partial charge on any atom is 0.140 e. The van der Waals surface area contributed by atoms with Gasteiger partial charge in [0.1, 0.15) is 12.2 Å². The zero-order valence-electron chi connectivity index (χ0n) is 11.7. The third kappa shape index (κ3) is 3.57. The van der Waals surface area contributed by atoms with Crippen molar-refractivity contribution in [3.8, 4) is 0 Å². The highest BCUT2D eigenvalue weighted by Gasteiger charge is 2.14. The molecule has 0 aliphatic heterocycles. The Hall–Kier alpha value is -1.82. The predicted octanol–water partition coefficient (Wildman–Crippen LogP) is 1.15. The fraction of sp³-hybridized carbons (Fsp3) is 0.538. The third-order valence-corrected chi connectivity index (χ3v) is 3.26. The first-order chi connectivity index (χ1) is 9.20. The van der Waals surface area contributed by atoms with Gasteiger partial charge in [0.2, 0.25) is 0 Å². The molecule has 0 spiro atoms. The van der Waals surface area contributed by atoms with E-state index in [1.54, 1.807) is 18.7 Å². The molecule has 0 aliphatic carbocycles. The van der Waals surface area contributed by atoms with E-state index in [1.165, 1.54) is 0 Å². The Bertz CT molecular complexity index is 495. The second kappa shape index (κ2) is 6.38. The van der Waals surface area contributed by atoms with Gasteiger partial charge in [-0.2, -0.15) is 5.10 Å². The molecule has 6 heteroatoms. The van der Waals surface area contributed by atoms with Crippen LogP contribution in [0, 0.1) is 0 Å². The van der Waals surface area contributed by atoms with Crippen LogP contribution in [0.2, 0.25) is 0 Å². The van der Waals surface area contributed by atoms with Gasteiger partial charge in [0.15, 0.2) is 0 Å². The van der Waals surface area contributed by atoms with E-state index in [1.807, 2.05) is 10.9 Å². The first-order valence-corrected chi connectivity index (χ1v) is 6.52. The second-order valence-electron chi connectivity index (χ2n) is 4.66. The highest BCUT2D eigenvalue weighted by Crippen LogP contribution is 2.07. The largest absolute Gasteiger partial charge is 0.296 e. The van der Waals surface area contributed by atoms with E-state index in [9.17, 15) is 0 Å². The molecule has 2 aromatic rings. The Labute approximate surface area is 113 Å². The molecule has 0 radical (unpaired) electrons. The Balaban J connectivity index is 1.94. The molecular weight excluding hydrogens is 240 g/mol. The van der Waals surface area contributed by atoms with Crippen molar-refractivity contribution in [2.45, 2.75) is 39.4 Å². The molecule has 19 heavy (non-hydrogen) atoms. The van der Waals surface area contributed by atoms with Gasteiger partial charge in [-0.15, -0.1) is 0 Å². The minimum atomic E-state index is 0.374. The first-order valence-electron chi connectivity index (χ1n) is 6.52. The summed E-state index contributed by atoms with van der Waals surface area (Å²) in [5.41, 5.74) is 1.01. The molecule has 0 bridgehead atoms. The van der Waals surface area contributed by atoms with E-state index in [2.05, 4.69) is 45.8 Å². The molecule has 0 aliphatic rings. The van der Waals surface area contributed by atoms with Crippen LogP contribution in [-0.2, 0) is 19.5 Å². The summed E-state index contributed by atoms with van der Waals surface area (Å²) >= 11 is 0. The van der Waals surface area contributed by atoms with E-state index in [-0.39, 0.29) is 0 Å². The van der Waals surface area contributed by atoms with Crippen LogP contribution in [0.5, 0.6) is 0 Å². The minimum absolute atomic E-state index is 0.374. The van der Waals surface area contributed by atoms with Gasteiger partial charge >= 0.3 is 0 Å². The van der Waals surface area contributed by atoms with Gasteiger partial charge in [0.05, 0.1) is 12.2 Å². The van der Waals surface area contributed by atoms with Crippen LogP contribution in [0.25, 0.3) is 0 Å². The maximum absolute atomic E-state index is 4.31. The summed E-state index contributed by atoms with van der Waals surface area (Å²) in [4.78, 5) is 15.0. The summed E-state index contributed by atoms with van der Waals surface area (Å²) in [6.07, 6.45) is 7.74. The molecule has 0 saturated heterocycles. The molecule has 0 N–H and O–H groups in total. The fourth-order valence-corrected chi connectivity index (χ4v) is 1.95. The summed E-state index contributed by atoms with van der Waals surface area (Å²) in [5.74, 6) is 0.996. The molecule has 2 heterocycles. The molecule has 0 aromatic carbocycles. The van der Waals surface area contributed by atoms with E-state index in [4.69, 9.17) is 0 Å². The lowest BCUT2D eigenvalue weighted by Crippen LogP contribution is -2.31. The number of rotatable bonds is 6. The number of aryl methyl sites for hydroxylation is 1. The van der Waals surface area contributed by atoms with E-state index in [0.717, 1.165) is 31.0 Å². The Morgan fingerprint density at radius 3 is 2.84 bits per heavy atom. The van der Waals surface area contributed by atoms with Crippen LogP contribution < -0.4 is 0 Å². The zero-order valence-corrected chi connectivity index (χ0v) is 11.7. The quantitative estimate of drug-likeness (QED) is 0.780. The average Bonchev–Trinajstić information content (AvgIpc) is 2.87. The van der Waals surface area contributed by atoms with Gasteiger partial charge in [0, 0.05) is 37.6 Å². The van der Waals surface area contributed by atoms with Crippen LogP contribution in [0.15, 0.2) is 24.9 Å². The van der Waals surface area contributed by atoms with Gasteiger partial charge < -0.3 is 0 Å². The van der Waals surface area contributed by atoms with Crippen molar-refractivity contribution in [2.75, 3.05) is 7.05 Å². The van der Waals surface area contributed by atoms with E-state index < -0.39 is 0 Å². The van der Waals surface area contributed by atoms with Gasteiger partial charge in [-0.25, -0.2) is 9.67 Å². The predicted molar refractivity (Wildman–Crippen MR) is 72.4 cm³/mol. The van der Waals surface area contributed by atoms with Crippen molar-refractivity contribution in [3.05, 3.63) is 36.4 Å². The lowest BCUT2D eigenvalue weighted by molar-refractivity contribution is 0.236. The van der Waals surface area contributed by atoms with Gasteiger partial charge in [0.25, 0.3) is 0 Å². The van der Waals surface area contributed by atoms with Crippen molar-refractivity contribution in [1.29, 1.82) is 0 Å². The molecule has 0 fully saturated rings. The SMILES string of the molecule is CCn1ncnc1CN(C)[C@H](C)Cc1cnccn1. The average molecular weight is 260 g/mol. The van der Waals surface area contributed by atoms with Gasteiger partial charge in [-0.1, -0.05) is 0 Å². The molecular formula is C13H20N6. The number of hydrogen-bond donors (Lipinski definition) is 0. The minimum Gasteiger partial charge on any atom is -0.296 e. The smallest absolute Gasteiger partial charge is 0.140 e. The number of aromatic nitrogens is 5. The zero-order chi connectivity index (χ0) is 13.7. The van der Waals surface area contributed by atoms with E-state index >= 15 is 0 Å². The number of hydrogen-bond acceptors (Lipinski definition) is 5. The molecule has 0 amide bonds. The summed E-state index contributed by atoms with van der Waals surface area (Å²) in [7, 11) is 2.09. The fourth-order valence-electron chi connectivity index (χ4n) is 1.95. The molecule has 0 saturated carbocycles. The van der Waals surface area contributed by atoms with E-state index in [0.29, 0.717) is 6.04 Å². The number of nitrogens with zero attached hydrogens (tertiary/aromatic N) is 6.